The van der Waals surface area contributed by atoms with Crippen LogP contribution in [0.25, 0.3) is 15.4 Å². The third-order valence-corrected chi connectivity index (χ3v) is 15.0. The lowest BCUT2D eigenvalue weighted by Gasteiger charge is -2.35. The van der Waals surface area contributed by atoms with Crippen LogP contribution in [0.2, 0.25) is 5.02 Å². The summed E-state index contributed by atoms with van der Waals surface area (Å²) >= 11 is 9.47. The first kappa shape index (κ1) is 50.9. The molecule has 1 fully saturated rings. The number of aliphatic hydroxyl groups is 1. The fourth-order valence-electron chi connectivity index (χ4n) is 8.68. The highest BCUT2D eigenvalue weighted by molar-refractivity contribution is 7.15. The predicted molar refractivity (Wildman–Crippen MR) is 275 cm³/mol. The van der Waals surface area contributed by atoms with Crippen molar-refractivity contribution >= 4 is 63.6 Å². The Kier molecular flexibility index (Phi) is 15.7. The SMILES string of the molecule is Cc1ncsc1-c1ccc(CNC(=O)[C@@H]2C[C@@H](O)CN2C(=O)C(NC(=O)COc2ccccc2OCCCNC(=O)C[C@@H]2N=C(c3ccc(Cl)cc3)c3c(sc(C)c3C)-n3c(C)nnc32)C(C)(C)C)cc1. The summed E-state index contributed by atoms with van der Waals surface area (Å²) in [5.41, 5.74) is 7.67. The molecule has 4 N–H and O–H groups in total. The molecule has 8 rings (SSSR count). The smallest absolute Gasteiger partial charge is 0.258 e. The van der Waals surface area contributed by atoms with Crippen LogP contribution in [0.1, 0.15) is 90.5 Å². The van der Waals surface area contributed by atoms with Gasteiger partial charge in [0, 0.05) is 47.1 Å². The fraction of sp³-hybridized carbons (Fsp3) is 0.385. The average Bonchev–Trinajstić information content (AvgIpc) is 4.11. The molecule has 0 aliphatic carbocycles. The average molecular weight is 1020 g/mol. The van der Waals surface area contributed by atoms with Crippen molar-refractivity contribution in [2.75, 3.05) is 26.3 Å². The van der Waals surface area contributed by atoms with Gasteiger partial charge in [0.05, 0.1) is 40.9 Å². The second kappa shape index (κ2) is 21.9. The highest BCUT2D eigenvalue weighted by atomic mass is 35.5. The summed E-state index contributed by atoms with van der Waals surface area (Å²) in [7, 11) is 0. The molecule has 2 aliphatic rings. The molecule has 4 amide bonds. The molecule has 16 nitrogen and oxygen atoms in total. The lowest BCUT2D eigenvalue weighted by atomic mass is 9.85. The molecular formula is C52H58ClN9O7S2. The number of amides is 4. The van der Waals surface area contributed by atoms with Crippen molar-refractivity contribution in [3.8, 4) is 26.9 Å². The van der Waals surface area contributed by atoms with Gasteiger partial charge in [0.25, 0.3) is 5.91 Å². The van der Waals surface area contributed by atoms with Crippen LogP contribution in [0.15, 0.2) is 83.3 Å². The number of fused-ring (bicyclic) bond motifs is 3. The molecular weight excluding hydrogens is 962 g/mol. The van der Waals surface area contributed by atoms with Gasteiger partial charge in [-0.2, -0.15) is 0 Å². The minimum absolute atomic E-state index is 0.0459. The second-order valence-corrected chi connectivity index (χ2v) is 21.3. The van der Waals surface area contributed by atoms with Gasteiger partial charge < -0.3 is 35.4 Å². The number of carbonyl (C=O) groups excluding carboxylic acids is 4. The maximum Gasteiger partial charge on any atom is 0.258 e. The number of thiazole rings is 1. The lowest BCUT2D eigenvalue weighted by molar-refractivity contribution is -0.144. The van der Waals surface area contributed by atoms with Crippen LogP contribution in [0.3, 0.4) is 0 Å². The molecule has 19 heteroatoms. The number of aryl methyl sites for hydroxylation is 3. The summed E-state index contributed by atoms with van der Waals surface area (Å²) in [5, 5.41) is 29.9. The van der Waals surface area contributed by atoms with E-state index in [1.165, 1.54) is 4.90 Å². The van der Waals surface area contributed by atoms with Gasteiger partial charge in [-0.3, -0.25) is 28.7 Å². The normalized spacial score (nSPS) is 16.8. The minimum Gasteiger partial charge on any atom is -0.490 e. The van der Waals surface area contributed by atoms with Crippen LogP contribution >= 0.6 is 34.3 Å². The van der Waals surface area contributed by atoms with Gasteiger partial charge in [0.2, 0.25) is 17.7 Å². The number of rotatable bonds is 17. The molecule has 0 spiro atoms. The van der Waals surface area contributed by atoms with Crippen molar-refractivity contribution in [1.29, 1.82) is 0 Å². The first-order valence-electron chi connectivity index (χ1n) is 23.5. The quantitative estimate of drug-likeness (QED) is 0.0668. The number of hydrogen-bond donors (Lipinski definition) is 4. The molecule has 0 radical (unpaired) electrons. The number of carbonyl (C=O) groups is 4. The third-order valence-electron chi connectivity index (χ3n) is 12.6. The van der Waals surface area contributed by atoms with Crippen LogP contribution in [0, 0.1) is 33.1 Å². The molecule has 0 saturated carbocycles. The lowest BCUT2D eigenvalue weighted by Crippen LogP contribution is -2.58. The zero-order chi connectivity index (χ0) is 50.6. The van der Waals surface area contributed by atoms with Gasteiger partial charge in [-0.25, -0.2) is 4.98 Å². The summed E-state index contributed by atoms with van der Waals surface area (Å²) in [6.07, 6.45) is -0.320. The van der Waals surface area contributed by atoms with Gasteiger partial charge in [0.1, 0.15) is 29.0 Å². The number of hydrogen-bond acceptors (Lipinski definition) is 13. The number of halogens is 1. The van der Waals surface area contributed by atoms with Crippen LogP contribution < -0.4 is 25.4 Å². The Hall–Kier alpha value is -6.47. The van der Waals surface area contributed by atoms with Gasteiger partial charge >= 0.3 is 0 Å². The largest absolute Gasteiger partial charge is 0.490 e. The number of aliphatic imine (C=N–C) groups is 1. The van der Waals surface area contributed by atoms with E-state index in [-0.39, 0.29) is 38.4 Å². The maximum absolute atomic E-state index is 14.2. The number of nitrogens with one attached hydrogen (secondary N) is 3. The molecule has 1 saturated heterocycles. The van der Waals surface area contributed by atoms with E-state index in [1.54, 1.807) is 46.9 Å². The molecule has 1 unspecified atom stereocenters. The van der Waals surface area contributed by atoms with Crippen molar-refractivity contribution in [3.63, 3.8) is 0 Å². The number of benzene rings is 3. The maximum atomic E-state index is 14.2. The van der Waals surface area contributed by atoms with E-state index in [4.69, 9.17) is 26.1 Å². The Morgan fingerprint density at radius 2 is 1.61 bits per heavy atom. The summed E-state index contributed by atoms with van der Waals surface area (Å²) in [4.78, 5) is 67.9. The van der Waals surface area contributed by atoms with Gasteiger partial charge in [-0.1, -0.05) is 80.9 Å². The Morgan fingerprint density at radius 1 is 0.901 bits per heavy atom. The number of nitrogens with zero attached hydrogens (tertiary/aromatic N) is 6. The van der Waals surface area contributed by atoms with E-state index < -0.39 is 54.0 Å². The fourth-order valence-corrected chi connectivity index (χ4v) is 10.8. The van der Waals surface area contributed by atoms with Crippen molar-refractivity contribution in [1.82, 2.24) is 40.6 Å². The topological polar surface area (TPSA) is 202 Å². The zero-order valence-corrected chi connectivity index (χ0v) is 43.1. The Morgan fingerprint density at radius 3 is 2.30 bits per heavy atom. The summed E-state index contributed by atoms with van der Waals surface area (Å²) in [5.74, 6) is 0.386. The Balaban J connectivity index is 0.829. The van der Waals surface area contributed by atoms with Gasteiger partial charge in [-0.15, -0.1) is 32.9 Å². The molecule has 2 aliphatic heterocycles. The predicted octanol–water partition coefficient (Wildman–Crippen LogP) is 7.39. The number of likely N-dealkylation sites (tertiary alicyclic amines) is 1. The Labute approximate surface area is 425 Å². The number of ether oxygens (including phenoxy) is 2. The van der Waals surface area contributed by atoms with Crippen LogP contribution in [0.5, 0.6) is 11.5 Å². The highest BCUT2D eigenvalue weighted by Gasteiger charge is 2.44. The van der Waals surface area contributed by atoms with E-state index in [1.807, 2.05) is 93.2 Å². The molecule has 3 aromatic carbocycles. The molecule has 372 valence electrons. The molecule has 6 aromatic rings. The number of thiophene rings is 1. The van der Waals surface area contributed by atoms with Crippen molar-refractivity contribution in [2.24, 2.45) is 10.4 Å². The summed E-state index contributed by atoms with van der Waals surface area (Å²) in [6.45, 7) is 13.8. The number of aliphatic hydroxyl groups excluding tert-OH is 1. The second-order valence-electron chi connectivity index (χ2n) is 18.8. The van der Waals surface area contributed by atoms with E-state index in [2.05, 4.69) is 45.0 Å². The minimum atomic E-state index is -1.03. The monoisotopic (exact) mass is 1020 g/mol. The van der Waals surface area contributed by atoms with E-state index >= 15 is 0 Å². The zero-order valence-electron chi connectivity index (χ0n) is 40.7. The first-order chi connectivity index (χ1) is 34.0. The molecule has 4 atom stereocenters. The molecule has 0 bridgehead atoms. The Bertz CT molecular complexity index is 2940. The van der Waals surface area contributed by atoms with Gasteiger partial charge in [0.15, 0.2) is 23.9 Å². The van der Waals surface area contributed by atoms with E-state index in [0.29, 0.717) is 41.1 Å². The summed E-state index contributed by atoms with van der Waals surface area (Å²) in [6, 6.07) is 19.8. The summed E-state index contributed by atoms with van der Waals surface area (Å²) < 4.78 is 14.0. The van der Waals surface area contributed by atoms with Crippen molar-refractivity contribution in [2.45, 2.75) is 98.5 Å². The van der Waals surface area contributed by atoms with E-state index in [9.17, 15) is 24.3 Å². The first-order valence-corrected chi connectivity index (χ1v) is 25.6. The van der Waals surface area contributed by atoms with E-state index in [0.717, 1.165) is 54.0 Å². The van der Waals surface area contributed by atoms with Crippen LogP contribution in [-0.4, -0.2) is 104 Å². The number of aromatic nitrogens is 4. The van der Waals surface area contributed by atoms with Crippen molar-refractivity contribution < 1.29 is 33.8 Å². The molecule has 3 aromatic heterocycles. The molecule has 5 heterocycles. The van der Waals surface area contributed by atoms with Crippen molar-refractivity contribution in [3.05, 3.63) is 128 Å². The highest BCUT2D eigenvalue weighted by Crippen LogP contribution is 2.40. The van der Waals surface area contributed by atoms with Crippen LogP contribution in [-0.2, 0) is 25.7 Å². The van der Waals surface area contributed by atoms with Crippen LogP contribution in [0.4, 0.5) is 0 Å². The van der Waals surface area contributed by atoms with Gasteiger partial charge in [-0.05, 0) is 80.5 Å². The molecule has 71 heavy (non-hydrogen) atoms. The number of para-hydroxylation sites is 2. The third kappa shape index (κ3) is 11.7. The standard InChI is InChI=1S/C52H58ClN9O7S2/c1-29-31(3)71-51-44(29)45(34-17-19-36(53)20-18-34)57-38(48-60-59-32(4)62(48)51)24-42(64)54-21-10-22-68-40-11-8-9-12-41(40)69-27-43(65)58-47(52(5,6)7)50(67)61-26-37(63)23-39(61)49(66)55-25-33-13-15-35(16-14-33)46-30(2)56-28-70-46/h8-9,11-20,28,37-39,47,63H,10,21-27H2,1-7H3,(H,54,64)(H,55,66)(H,58,65)/t37-,38+,39+,47?/m1/s1. The number of β-amino-alcohol motifs (C(OH)–C–C–N with tert-alkyl or cyclic N) is 1.